The number of nitrogens with one attached hydrogen (secondary N) is 1. The quantitative estimate of drug-likeness (QED) is 0.678. The summed E-state index contributed by atoms with van der Waals surface area (Å²) in [5.74, 6) is -1.37. The molecule has 0 aliphatic rings. The van der Waals surface area contributed by atoms with Crippen LogP contribution in [0.2, 0.25) is 0 Å². The lowest BCUT2D eigenvalue weighted by Crippen LogP contribution is -1.99. The highest BCUT2D eigenvalue weighted by molar-refractivity contribution is 6.09. The lowest BCUT2D eigenvalue weighted by molar-refractivity contribution is 0.0696. The highest BCUT2D eigenvalue weighted by atomic mass is 16.4. The van der Waals surface area contributed by atoms with E-state index in [1.54, 1.807) is 18.2 Å². The minimum atomic E-state index is -1.14. The third-order valence-electron chi connectivity index (χ3n) is 3.31. The van der Waals surface area contributed by atoms with E-state index in [-0.39, 0.29) is 11.3 Å². The number of aromatic carboxylic acids is 1. The maximum absolute atomic E-state index is 11.3. The standard InChI is InChI=1S/C17H13NO3/c19-15-10-9-12-13(16(15)17(20)21)7-4-8-14(12)18-11-5-2-1-3-6-11/h1-10,18-19H,(H,20,21). The average Bonchev–Trinajstić information content (AvgIpc) is 2.48. The van der Waals surface area contributed by atoms with Gasteiger partial charge in [-0.3, -0.25) is 0 Å². The molecule has 3 aromatic carbocycles. The van der Waals surface area contributed by atoms with E-state index in [0.717, 1.165) is 16.8 Å². The second kappa shape index (κ2) is 5.17. The number of hydrogen-bond acceptors (Lipinski definition) is 3. The van der Waals surface area contributed by atoms with Crippen LogP contribution in [0.1, 0.15) is 10.4 Å². The minimum Gasteiger partial charge on any atom is -0.507 e. The number of carboxylic acids is 1. The van der Waals surface area contributed by atoms with Gasteiger partial charge in [-0.25, -0.2) is 4.79 Å². The first kappa shape index (κ1) is 13.0. The number of rotatable bonds is 3. The van der Waals surface area contributed by atoms with Crippen LogP contribution in [0.15, 0.2) is 60.7 Å². The first-order chi connectivity index (χ1) is 10.2. The van der Waals surface area contributed by atoms with Crippen molar-refractivity contribution in [3.8, 4) is 5.75 Å². The fraction of sp³-hybridized carbons (Fsp3) is 0. The average molecular weight is 279 g/mol. The summed E-state index contributed by atoms with van der Waals surface area (Å²) in [6, 6.07) is 18.1. The Labute approximate surface area is 121 Å². The van der Waals surface area contributed by atoms with E-state index in [2.05, 4.69) is 5.32 Å². The molecular formula is C17H13NO3. The zero-order chi connectivity index (χ0) is 14.8. The van der Waals surface area contributed by atoms with Crippen molar-refractivity contribution in [2.45, 2.75) is 0 Å². The summed E-state index contributed by atoms with van der Waals surface area (Å²) >= 11 is 0. The monoisotopic (exact) mass is 279 g/mol. The number of aromatic hydroxyl groups is 1. The van der Waals surface area contributed by atoms with E-state index >= 15 is 0 Å². The molecule has 0 radical (unpaired) electrons. The molecular weight excluding hydrogens is 266 g/mol. The third-order valence-corrected chi connectivity index (χ3v) is 3.31. The van der Waals surface area contributed by atoms with Gasteiger partial charge in [0.2, 0.25) is 0 Å². The van der Waals surface area contributed by atoms with Crippen molar-refractivity contribution < 1.29 is 15.0 Å². The predicted molar refractivity (Wildman–Crippen MR) is 82.3 cm³/mol. The number of phenols is 1. The van der Waals surface area contributed by atoms with E-state index in [0.29, 0.717) is 5.39 Å². The summed E-state index contributed by atoms with van der Waals surface area (Å²) in [5, 5.41) is 23.5. The van der Waals surface area contributed by atoms with Crippen LogP contribution in [0, 0.1) is 0 Å². The summed E-state index contributed by atoms with van der Waals surface area (Å²) in [5.41, 5.74) is 1.63. The zero-order valence-corrected chi connectivity index (χ0v) is 11.1. The van der Waals surface area contributed by atoms with Crippen molar-refractivity contribution in [2.75, 3.05) is 5.32 Å². The molecule has 0 aromatic heterocycles. The lowest BCUT2D eigenvalue weighted by atomic mass is 10.0. The number of hydrogen-bond donors (Lipinski definition) is 3. The van der Waals surface area contributed by atoms with Crippen molar-refractivity contribution in [3.05, 3.63) is 66.2 Å². The molecule has 4 heteroatoms. The summed E-state index contributed by atoms with van der Waals surface area (Å²) in [6.07, 6.45) is 0. The van der Waals surface area contributed by atoms with Gasteiger partial charge in [0.15, 0.2) is 0 Å². The molecule has 0 spiro atoms. The molecule has 0 bridgehead atoms. The van der Waals surface area contributed by atoms with Gasteiger partial charge in [-0.2, -0.15) is 0 Å². The van der Waals surface area contributed by atoms with E-state index in [4.69, 9.17) is 0 Å². The van der Waals surface area contributed by atoms with Crippen LogP contribution in [0.3, 0.4) is 0 Å². The Bertz CT molecular complexity index is 813. The molecule has 0 aliphatic heterocycles. The van der Waals surface area contributed by atoms with Gasteiger partial charge in [0.25, 0.3) is 0 Å². The van der Waals surface area contributed by atoms with Crippen molar-refractivity contribution in [3.63, 3.8) is 0 Å². The SMILES string of the molecule is O=C(O)c1c(O)ccc2c(Nc3ccccc3)cccc12. The molecule has 0 saturated carbocycles. The first-order valence-electron chi connectivity index (χ1n) is 6.47. The molecule has 3 N–H and O–H groups in total. The van der Waals surface area contributed by atoms with E-state index < -0.39 is 5.97 Å². The Kier molecular flexibility index (Phi) is 3.20. The first-order valence-corrected chi connectivity index (χ1v) is 6.47. The maximum Gasteiger partial charge on any atom is 0.340 e. The highest BCUT2D eigenvalue weighted by Crippen LogP contribution is 2.32. The van der Waals surface area contributed by atoms with E-state index in [1.165, 1.54) is 6.07 Å². The molecule has 21 heavy (non-hydrogen) atoms. The van der Waals surface area contributed by atoms with Gasteiger partial charge in [0, 0.05) is 22.1 Å². The van der Waals surface area contributed by atoms with Gasteiger partial charge < -0.3 is 15.5 Å². The predicted octanol–water partition coefficient (Wildman–Crippen LogP) is 3.99. The summed E-state index contributed by atoms with van der Waals surface area (Å²) in [6.45, 7) is 0. The van der Waals surface area contributed by atoms with Crippen LogP contribution in [0.4, 0.5) is 11.4 Å². The van der Waals surface area contributed by atoms with Crippen LogP contribution in [-0.2, 0) is 0 Å². The van der Waals surface area contributed by atoms with Crippen molar-refractivity contribution in [2.24, 2.45) is 0 Å². The van der Waals surface area contributed by atoms with Gasteiger partial charge >= 0.3 is 5.97 Å². The molecule has 3 rings (SSSR count). The Hall–Kier alpha value is -3.01. The highest BCUT2D eigenvalue weighted by Gasteiger charge is 2.15. The Morgan fingerprint density at radius 2 is 1.62 bits per heavy atom. The molecule has 0 saturated heterocycles. The van der Waals surface area contributed by atoms with Gasteiger partial charge in [-0.1, -0.05) is 30.3 Å². The van der Waals surface area contributed by atoms with Crippen LogP contribution in [-0.4, -0.2) is 16.2 Å². The van der Waals surface area contributed by atoms with Gasteiger partial charge in [-0.15, -0.1) is 0 Å². The largest absolute Gasteiger partial charge is 0.507 e. The number of para-hydroxylation sites is 1. The third kappa shape index (κ3) is 2.39. The summed E-state index contributed by atoms with van der Waals surface area (Å²) in [7, 11) is 0. The van der Waals surface area contributed by atoms with Crippen molar-refractivity contribution >= 4 is 28.1 Å². The molecule has 0 atom stereocenters. The molecule has 3 aromatic rings. The Morgan fingerprint density at radius 1 is 0.857 bits per heavy atom. The molecule has 0 heterocycles. The molecule has 4 nitrogen and oxygen atoms in total. The molecule has 0 aliphatic carbocycles. The van der Waals surface area contributed by atoms with Gasteiger partial charge in [0.1, 0.15) is 11.3 Å². The van der Waals surface area contributed by atoms with E-state index in [1.807, 2.05) is 36.4 Å². The number of benzene rings is 3. The van der Waals surface area contributed by atoms with Crippen LogP contribution in [0.5, 0.6) is 5.75 Å². The number of fused-ring (bicyclic) bond motifs is 1. The topological polar surface area (TPSA) is 69.6 Å². The van der Waals surface area contributed by atoms with Crippen LogP contribution in [0.25, 0.3) is 10.8 Å². The number of anilines is 2. The molecule has 104 valence electrons. The minimum absolute atomic E-state index is 0.0794. The van der Waals surface area contributed by atoms with Crippen molar-refractivity contribution in [1.82, 2.24) is 0 Å². The second-order valence-corrected chi connectivity index (χ2v) is 4.66. The second-order valence-electron chi connectivity index (χ2n) is 4.66. The zero-order valence-electron chi connectivity index (χ0n) is 11.1. The fourth-order valence-electron chi connectivity index (χ4n) is 2.36. The van der Waals surface area contributed by atoms with Gasteiger partial charge in [-0.05, 0) is 30.3 Å². The number of carboxylic acid groups (broad SMARTS) is 1. The molecule has 0 unspecified atom stereocenters. The van der Waals surface area contributed by atoms with Crippen molar-refractivity contribution in [1.29, 1.82) is 0 Å². The van der Waals surface area contributed by atoms with E-state index in [9.17, 15) is 15.0 Å². The van der Waals surface area contributed by atoms with Crippen LogP contribution >= 0.6 is 0 Å². The Balaban J connectivity index is 2.17. The van der Waals surface area contributed by atoms with Crippen LogP contribution < -0.4 is 5.32 Å². The summed E-state index contributed by atoms with van der Waals surface area (Å²) < 4.78 is 0. The Morgan fingerprint density at radius 3 is 2.33 bits per heavy atom. The smallest absolute Gasteiger partial charge is 0.340 e. The number of carbonyl (C=O) groups is 1. The maximum atomic E-state index is 11.3. The lowest BCUT2D eigenvalue weighted by Gasteiger charge is -2.12. The molecule has 0 fully saturated rings. The van der Waals surface area contributed by atoms with Gasteiger partial charge in [0.05, 0.1) is 0 Å². The summed E-state index contributed by atoms with van der Waals surface area (Å²) in [4.78, 5) is 11.3. The fourth-order valence-corrected chi connectivity index (χ4v) is 2.36. The normalized spacial score (nSPS) is 10.5. The molecule has 0 amide bonds.